The zero-order chi connectivity index (χ0) is 10.1. The van der Waals surface area contributed by atoms with E-state index < -0.39 is 0 Å². The highest BCUT2D eigenvalue weighted by atomic mass is 16.1. The van der Waals surface area contributed by atoms with Crippen molar-refractivity contribution in [1.29, 1.82) is 0 Å². The van der Waals surface area contributed by atoms with E-state index in [4.69, 9.17) is 0 Å². The van der Waals surface area contributed by atoms with Crippen LogP contribution >= 0.6 is 0 Å². The standard InChI is InChI=1S/C11H12N2O/c1-8(14)5-9-3-4-11-10(6-9)7-13(2)12-11/h3-4,6-7H,5H2,1-2H3. The molecule has 0 aliphatic rings. The third-order valence-electron chi connectivity index (χ3n) is 2.14. The minimum Gasteiger partial charge on any atom is -0.300 e. The number of fused-ring (bicyclic) bond motifs is 1. The summed E-state index contributed by atoms with van der Waals surface area (Å²) in [5.74, 6) is 0.188. The molecule has 3 nitrogen and oxygen atoms in total. The predicted octanol–water partition coefficient (Wildman–Crippen LogP) is 1.70. The van der Waals surface area contributed by atoms with Gasteiger partial charge in [-0.1, -0.05) is 6.07 Å². The summed E-state index contributed by atoms with van der Waals surface area (Å²) in [6.07, 6.45) is 2.46. The van der Waals surface area contributed by atoms with Gasteiger partial charge < -0.3 is 0 Å². The first-order chi connectivity index (χ1) is 6.65. The van der Waals surface area contributed by atoms with E-state index in [9.17, 15) is 4.79 Å². The van der Waals surface area contributed by atoms with Gasteiger partial charge in [0.2, 0.25) is 0 Å². The fourth-order valence-electron chi connectivity index (χ4n) is 1.60. The molecule has 0 unspecified atom stereocenters. The second kappa shape index (κ2) is 3.25. The van der Waals surface area contributed by atoms with E-state index in [1.54, 1.807) is 11.6 Å². The van der Waals surface area contributed by atoms with Crippen molar-refractivity contribution in [1.82, 2.24) is 9.78 Å². The Bertz CT molecular complexity index is 485. The van der Waals surface area contributed by atoms with Gasteiger partial charge in [-0.2, -0.15) is 5.10 Å². The average molecular weight is 188 g/mol. The summed E-state index contributed by atoms with van der Waals surface area (Å²) in [6.45, 7) is 1.60. The van der Waals surface area contributed by atoms with Crippen LogP contribution in [0.1, 0.15) is 12.5 Å². The molecule has 0 aliphatic carbocycles. The molecule has 1 heterocycles. The molecular weight excluding hydrogens is 176 g/mol. The fraction of sp³-hybridized carbons (Fsp3) is 0.273. The van der Waals surface area contributed by atoms with Crippen molar-refractivity contribution in [2.75, 3.05) is 0 Å². The number of aryl methyl sites for hydroxylation is 1. The van der Waals surface area contributed by atoms with Gasteiger partial charge in [-0.3, -0.25) is 9.48 Å². The molecule has 0 N–H and O–H groups in total. The van der Waals surface area contributed by atoms with Gasteiger partial charge in [0, 0.05) is 25.1 Å². The number of nitrogens with zero attached hydrogens (tertiary/aromatic N) is 2. The summed E-state index contributed by atoms with van der Waals surface area (Å²) in [6, 6.07) is 5.92. The van der Waals surface area contributed by atoms with Crippen molar-refractivity contribution in [3.63, 3.8) is 0 Å². The SMILES string of the molecule is CC(=O)Cc1ccc2nn(C)cc2c1. The van der Waals surface area contributed by atoms with Gasteiger partial charge in [0.05, 0.1) is 5.52 Å². The molecule has 1 aromatic heterocycles. The Morgan fingerprint density at radius 3 is 3.00 bits per heavy atom. The predicted molar refractivity (Wildman–Crippen MR) is 55.1 cm³/mol. The number of ketones is 1. The van der Waals surface area contributed by atoms with Crippen LogP contribution in [0, 0.1) is 0 Å². The Kier molecular flexibility index (Phi) is 2.08. The molecular formula is C11H12N2O. The van der Waals surface area contributed by atoms with Crippen LogP contribution in [0.3, 0.4) is 0 Å². The number of hydrogen-bond acceptors (Lipinski definition) is 2. The lowest BCUT2D eigenvalue weighted by Crippen LogP contribution is -1.95. The highest BCUT2D eigenvalue weighted by Crippen LogP contribution is 2.14. The van der Waals surface area contributed by atoms with Crippen molar-refractivity contribution in [3.8, 4) is 0 Å². The smallest absolute Gasteiger partial charge is 0.134 e. The van der Waals surface area contributed by atoms with Crippen molar-refractivity contribution in [2.45, 2.75) is 13.3 Å². The maximum atomic E-state index is 10.9. The van der Waals surface area contributed by atoms with E-state index in [2.05, 4.69) is 5.10 Å². The highest BCUT2D eigenvalue weighted by Gasteiger charge is 2.01. The Hall–Kier alpha value is -1.64. The first-order valence-corrected chi connectivity index (χ1v) is 4.57. The van der Waals surface area contributed by atoms with Gasteiger partial charge in [-0.25, -0.2) is 0 Å². The molecule has 0 aliphatic heterocycles. The zero-order valence-electron chi connectivity index (χ0n) is 8.32. The highest BCUT2D eigenvalue weighted by molar-refractivity contribution is 5.82. The minimum atomic E-state index is 0.188. The van der Waals surface area contributed by atoms with Crippen LogP contribution < -0.4 is 0 Å². The Morgan fingerprint density at radius 1 is 1.50 bits per heavy atom. The maximum Gasteiger partial charge on any atom is 0.134 e. The number of aromatic nitrogens is 2. The van der Waals surface area contributed by atoms with Crippen LogP contribution in [-0.2, 0) is 18.3 Å². The maximum absolute atomic E-state index is 10.9. The third kappa shape index (κ3) is 1.66. The van der Waals surface area contributed by atoms with Gasteiger partial charge in [0.1, 0.15) is 5.78 Å². The first kappa shape index (κ1) is 8.94. The molecule has 0 radical (unpaired) electrons. The minimum absolute atomic E-state index is 0.188. The molecule has 0 atom stereocenters. The number of benzene rings is 1. The number of carbonyl (C=O) groups is 1. The second-order valence-electron chi connectivity index (χ2n) is 3.57. The van der Waals surface area contributed by atoms with Gasteiger partial charge in [0.15, 0.2) is 0 Å². The number of hydrogen-bond donors (Lipinski definition) is 0. The van der Waals surface area contributed by atoms with Gasteiger partial charge in [-0.15, -0.1) is 0 Å². The molecule has 14 heavy (non-hydrogen) atoms. The lowest BCUT2D eigenvalue weighted by atomic mass is 10.1. The molecule has 0 amide bonds. The van der Waals surface area contributed by atoms with Gasteiger partial charge in [-0.05, 0) is 24.6 Å². The molecule has 2 rings (SSSR count). The summed E-state index contributed by atoms with van der Waals surface area (Å²) in [5, 5.41) is 5.35. The Labute approximate surface area is 82.3 Å². The average Bonchev–Trinajstić information content (AvgIpc) is 2.42. The molecule has 2 aromatic rings. The van der Waals surface area contributed by atoms with E-state index >= 15 is 0 Å². The van der Waals surface area contributed by atoms with Crippen LogP contribution in [0.15, 0.2) is 24.4 Å². The normalized spacial score (nSPS) is 10.7. The Balaban J connectivity index is 2.45. The van der Waals surface area contributed by atoms with Crippen LogP contribution in [0.5, 0.6) is 0 Å². The number of rotatable bonds is 2. The largest absolute Gasteiger partial charge is 0.300 e. The topological polar surface area (TPSA) is 34.9 Å². The number of Topliss-reactive ketones (excluding diaryl/α,β-unsaturated/α-hetero) is 1. The molecule has 1 aromatic carbocycles. The third-order valence-corrected chi connectivity index (χ3v) is 2.14. The van der Waals surface area contributed by atoms with Crippen molar-refractivity contribution >= 4 is 16.7 Å². The van der Waals surface area contributed by atoms with Crippen molar-refractivity contribution in [2.24, 2.45) is 7.05 Å². The summed E-state index contributed by atoms with van der Waals surface area (Å²) in [4.78, 5) is 10.9. The lowest BCUT2D eigenvalue weighted by molar-refractivity contribution is -0.116. The van der Waals surface area contributed by atoms with Crippen LogP contribution in [0.25, 0.3) is 10.9 Å². The van der Waals surface area contributed by atoms with E-state index in [0.717, 1.165) is 16.5 Å². The number of carbonyl (C=O) groups excluding carboxylic acids is 1. The quantitative estimate of drug-likeness (QED) is 0.719. The van der Waals surface area contributed by atoms with Gasteiger partial charge in [0.25, 0.3) is 0 Å². The van der Waals surface area contributed by atoms with Crippen LogP contribution in [-0.4, -0.2) is 15.6 Å². The van der Waals surface area contributed by atoms with E-state index in [1.165, 1.54) is 0 Å². The lowest BCUT2D eigenvalue weighted by Gasteiger charge is -1.96. The van der Waals surface area contributed by atoms with E-state index in [1.807, 2.05) is 31.4 Å². The molecule has 72 valence electrons. The second-order valence-corrected chi connectivity index (χ2v) is 3.57. The van der Waals surface area contributed by atoms with Crippen molar-refractivity contribution in [3.05, 3.63) is 30.0 Å². The van der Waals surface area contributed by atoms with Crippen LogP contribution in [0.2, 0.25) is 0 Å². The van der Waals surface area contributed by atoms with Crippen molar-refractivity contribution < 1.29 is 4.79 Å². The Morgan fingerprint density at radius 2 is 2.29 bits per heavy atom. The monoisotopic (exact) mass is 188 g/mol. The molecule has 0 spiro atoms. The summed E-state index contributed by atoms with van der Waals surface area (Å²) in [5.41, 5.74) is 2.03. The summed E-state index contributed by atoms with van der Waals surface area (Å²) >= 11 is 0. The summed E-state index contributed by atoms with van der Waals surface area (Å²) in [7, 11) is 1.89. The zero-order valence-corrected chi connectivity index (χ0v) is 8.32. The van der Waals surface area contributed by atoms with Crippen LogP contribution in [0.4, 0.5) is 0 Å². The van der Waals surface area contributed by atoms with E-state index in [0.29, 0.717) is 6.42 Å². The molecule has 3 heteroatoms. The van der Waals surface area contributed by atoms with Gasteiger partial charge >= 0.3 is 0 Å². The molecule has 0 bridgehead atoms. The van der Waals surface area contributed by atoms with E-state index in [-0.39, 0.29) is 5.78 Å². The first-order valence-electron chi connectivity index (χ1n) is 4.57. The summed E-state index contributed by atoms with van der Waals surface area (Å²) < 4.78 is 1.78. The molecule has 0 fully saturated rings. The molecule has 0 saturated heterocycles. The fourth-order valence-corrected chi connectivity index (χ4v) is 1.60. The molecule has 0 saturated carbocycles.